The minimum Gasteiger partial charge on any atom is -0.359 e. The molecule has 0 bridgehead atoms. The van der Waals surface area contributed by atoms with Crippen molar-refractivity contribution in [2.75, 3.05) is 0 Å². The quantitative estimate of drug-likeness (QED) is 0.864. The molecule has 20 heavy (non-hydrogen) atoms. The SMILES string of the molecule is Cc1ccc2c(c1)COOC2(O)C(C)(C)C(=O)C(C)C. The molecule has 0 spiro atoms. The fraction of sp³-hybridized carbons (Fsp3) is 0.562. The van der Waals surface area contributed by atoms with E-state index in [1.54, 1.807) is 13.8 Å². The number of ketones is 1. The zero-order chi connectivity index (χ0) is 15.1. The van der Waals surface area contributed by atoms with Crippen LogP contribution in [0, 0.1) is 18.3 Å². The number of aliphatic hydroxyl groups is 1. The predicted molar refractivity (Wildman–Crippen MR) is 74.6 cm³/mol. The predicted octanol–water partition coefficient (Wildman–Crippen LogP) is 2.85. The summed E-state index contributed by atoms with van der Waals surface area (Å²) in [5.41, 5.74) is 1.42. The van der Waals surface area contributed by atoms with Gasteiger partial charge in [0, 0.05) is 11.5 Å². The average molecular weight is 278 g/mol. The number of hydrogen-bond donors (Lipinski definition) is 1. The number of rotatable bonds is 3. The second-order valence-electron chi connectivity index (χ2n) is 6.29. The van der Waals surface area contributed by atoms with Crippen molar-refractivity contribution in [2.24, 2.45) is 11.3 Å². The van der Waals surface area contributed by atoms with Crippen molar-refractivity contribution in [3.05, 3.63) is 34.9 Å². The lowest BCUT2D eigenvalue weighted by atomic mass is 9.71. The maximum Gasteiger partial charge on any atom is 0.237 e. The van der Waals surface area contributed by atoms with Crippen molar-refractivity contribution in [2.45, 2.75) is 47.0 Å². The lowest BCUT2D eigenvalue weighted by Crippen LogP contribution is -2.52. The first-order valence-electron chi connectivity index (χ1n) is 6.87. The molecule has 0 fully saturated rings. The van der Waals surface area contributed by atoms with Crippen LogP contribution in [0.25, 0.3) is 0 Å². The number of carbonyl (C=O) groups is 1. The van der Waals surface area contributed by atoms with Crippen LogP contribution in [-0.4, -0.2) is 10.9 Å². The molecule has 0 amide bonds. The van der Waals surface area contributed by atoms with E-state index in [0.717, 1.165) is 11.1 Å². The first-order chi connectivity index (χ1) is 9.20. The van der Waals surface area contributed by atoms with Crippen molar-refractivity contribution in [1.82, 2.24) is 0 Å². The van der Waals surface area contributed by atoms with Gasteiger partial charge in [-0.3, -0.25) is 4.79 Å². The van der Waals surface area contributed by atoms with Gasteiger partial charge in [0.15, 0.2) is 0 Å². The van der Waals surface area contributed by atoms with Crippen LogP contribution < -0.4 is 0 Å². The van der Waals surface area contributed by atoms with Crippen molar-refractivity contribution >= 4 is 5.78 Å². The van der Waals surface area contributed by atoms with Crippen LogP contribution in [0.4, 0.5) is 0 Å². The first kappa shape index (κ1) is 15.2. The van der Waals surface area contributed by atoms with E-state index >= 15 is 0 Å². The Morgan fingerprint density at radius 2 is 2.05 bits per heavy atom. The molecule has 1 aliphatic rings. The molecule has 0 aromatic heterocycles. The van der Waals surface area contributed by atoms with Crippen LogP contribution in [0.2, 0.25) is 0 Å². The monoisotopic (exact) mass is 278 g/mol. The maximum atomic E-state index is 12.5. The zero-order valence-corrected chi connectivity index (χ0v) is 12.7. The highest BCUT2D eigenvalue weighted by Gasteiger charge is 2.55. The molecule has 1 aromatic rings. The van der Waals surface area contributed by atoms with Gasteiger partial charge in [0.25, 0.3) is 0 Å². The lowest BCUT2D eigenvalue weighted by molar-refractivity contribution is -0.465. The standard InChI is InChI=1S/C16H22O4/c1-10(2)14(17)15(4,5)16(18)13-7-6-11(3)8-12(13)9-19-20-16/h6-8,10,18H,9H2,1-5H3. The third kappa shape index (κ3) is 2.18. The molecule has 4 nitrogen and oxygen atoms in total. The van der Waals surface area contributed by atoms with E-state index in [1.165, 1.54) is 0 Å². The molecule has 0 radical (unpaired) electrons. The average Bonchev–Trinajstić information content (AvgIpc) is 2.37. The summed E-state index contributed by atoms with van der Waals surface area (Å²) in [6.07, 6.45) is 0. The largest absolute Gasteiger partial charge is 0.359 e. The third-order valence-corrected chi connectivity index (χ3v) is 4.01. The Kier molecular flexibility index (Phi) is 3.75. The highest BCUT2D eigenvalue weighted by molar-refractivity contribution is 5.87. The van der Waals surface area contributed by atoms with Crippen molar-refractivity contribution in [3.8, 4) is 0 Å². The number of Topliss-reactive ketones (excluding diaryl/α,β-unsaturated/α-hetero) is 1. The van der Waals surface area contributed by atoms with Gasteiger partial charge >= 0.3 is 0 Å². The number of fused-ring (bicyclic) bond motifs is 1. The summed E-state index contributed by atoms with van der Waals surface area (Å²) in [6.45, 7) is 9.24. The normalized spacial score (nSPS) is 22.8. The molecule has 1 heterocycles. The van der Waals surface area contributed by atoms with Crippen molar-refractivity contribution in [3.63, 3.8) is 0 Å². The molecule has 1 unspecified atom stereocenters. The molecule has 110 valence electrons. The molecule has 1 aliphatic heterocycles. The Hall–Kier alpha value is -1.23. The molecule has 0 aliphatic carbocycles. The van der Waals surface area contributed by atoms with E-state index in [-0.39, 0.29) is 18.3 Å². The van der Waals surface area contributed by atoms with Gasteiger partial charge in [-0.2, -0.15) is 4.89 Å². The minimum absolute atomic E-state index is 0.0722. The van der Waals surface area contributed by atoms with Crippen molar-refractivity contribution in [1.29, 1.82) is 0 Å². The van der Waals surface area contributed by atoms with Crippen LogP contribution in [0.3, 0.4) is 0 Å². The molecular weight excluding hydrogens is 256 g/mol. The van der Waals surface area contributed by atoms with Crippen LogP contribution in [0.5, 0.6) is 0 Å². The topological polar surface area (TPSA) is 55.8 Å². The van der Waals surface area contributed by atoms with Gasteiger partial charge in [0.1, 0.15) is 12.4 Å². The maximum absolute atomic E-state index is 12.5. The second-order valence-corrected chi connectivity index (χ2v) is 6.29. The second kappa shape index (κ2) is 4.95. The van der Waals surface area contributed by atoms with Gasteiger partial charge in [-0.1, -0.05) is 37.6 Å². The molecule has 0 saturated heterocycles. The summed E-state index contributed by atoms with van der Waals surface area (Å²) in [5.74, 6) is -2.04. The molecule has 1 atom stereocenters. The number of benzene rings is 1. The Morgan fingerprint density at radius 1 is 1.40 bits per heavy atom. The summed E-state index contributed by atoms with van der Waals surface area (Å²) in [5, 5.41) is 11.0. The fourth-order valence-corrected chi connectivity index (χ4v) is 2.73. The number of carbonyl (C=O) groups excluding carboxylic acids is 1. The van der Waals surface area contributed by atoms with Gasteiger partial charge in [0.2, 0.25) is 5.79 Å². The molecule has 2 rings (SSSR count). The van der Waals surface area contributed by atoms with Gasteiger partial charge in [0.05, 0.1) is 5.41 Å². The molecule has 1 N–H and O–H groups in total. The van der Waals surface area contributed by atoms with Crippen LogP contribution in [0.1, 0.15) is 44.4 Å². The Labute approximate surface area is 119 Å². The molecule has 0 saturated carbocycles. The highest BCUT2D eigenvalue weighted by atomic mass is 17.2. The van der Waals surface area contributed by atoms with Crippen molar-refractivity contribution < 1.29 is 19.7 Å². The highest BCUT2D eigenvalue weighted by Crippen LogP contribution is 2.46. The first-order valence-corrected chi connectivity index (χ1v) is 6.87. The zero-order valence-electron chi connectivity index (χ0n) is 12.7. The van der Waals surface area contributed by atoms with E-state index in [1.807, 2.05) is 39.0 Å². The Morgan fingerprint density at radius 3 is 2.65 bits per heavy atom. The molecular formula is C16H22O4. The van der Waals surface area contributed by atoms with E-state index in [2.05, 4.69) is 0 Å². The van der Waals surface area contributed by atoms with Gasteiger partial charge < -0.3 is 5.11 Å². The smallest absolute Gasteiger partial charge is 0.237 e. The van der Waals surface area contributed by atoms with Crippen LogP contribution in [0.15, 0.2) is 18.2 Å². The van der Waals surface area contributed by atoms with Crippen LogP contribution in [-0.2, 0) is 27.0 Å². The van der Waals surface area contributed by atoms with E-state index in [0.29, 0.717) is 5.56 Å². The Balaban J connectivity index is 2.54. The lowest BCUT2D eigenvalue weighted by Gasteiger charge is -2.43. The Bertz CT molecular complexity index is 533. The summed E-state index contributed by atoms with van der Waals surface area (Å²) in [7, 11) is 0. The summed E-state index contributed by atoms with van der Waals surface area (Å²) in [6, 6.07) is 5.65. The summed E-state index contributed by atoms with van der Waals surface area (Å²) < 4.78 is 0. The van der Waals surface area contributed by atoms with Crippen LogP contribution >= 0.6 is 0 Å². The van der Waals surface area contributed by atoms with Gasteiger partial charge in [-0.25, -0.2) is 4.89 Å². The van der Waals surface area contributed by atoms with E-state index < -0.39 is 11.2 Å². The van der Waals surface area contributed by atoms with Gasteiger partial charge in [-0.15, -0.1) is 0 Å². The minimum atomic E-state index is -1.77. The third-order valence-electron chi connectivity index (χ3n) is 4.01. The molecule has 1 aromatic carbocycles. The summed E-state index contributed by atoms with van der Waals surface area (Å²) >= 11 is 0. The summed E-state index contributed by atoms with van der Waals surface area (Å²) in [4.78, 5) is 22.7. The number of hydrogen-bond acceptors (Lipinski definition) is 4. The molecule has 4 heteroatoms. The fourth-order valence-electron chi connectivity index (χ4n) is 2.73. The van der Waals surface area contributed by atoms with E-state index in [9.17, 15) is 9.90 Å². The van der Waals surface area contributed by atoms with Gasteiger partial charge in [-0.05, 0) is 26.3 Å². The number of aryl methyl sites for hydroxylation is 1. The van der Waals surface area contributed by atoms with E-state index in [4.69, 9.17) is 9.78 Å².